The second kappa shape index (κ2) is 12.4. The lowest BCUT2D eigenvalue weighted by atomic mass is 9.82. The van der Waals surface area contributed by atoms with E-state index in [-0.39, 0.29) is 0 Å². The van der Waals surface area contributed by atoms with E-state index in [0.29, 0.717) is 0 Å². The van der Waals surface area contributed by atoms with E-state index < -0.39 is 16.1 Å². The average molecular weight is 741 g/mol. The van der Waals surface area contributed by atoms with E-state index in [1.807, 2.05) is 12.1 Å². The maximum Gasteiger partial charge on any atom is 0.137 e. The van der Waals surface area contributed by atoms with E-state index in [1.54, 1.807) is 0 Å². The zero-order chi connectivity index (χ0) is 37.6. The molecular weight excluding hydrogens is 697 g/mol. The number of rotatable bonds is 6. The third-order valence-corrected chi connectivity index (χ3v) is 15.8. The van der Waals surface area contributed by atoms with Crippen molar-refractivity contribution in [2.24, 2.45) is 0 Å². The van der Waals surface area contributed by atoms with Gasteiger partial charge in [0.25, 0.3) is 0 Å². The van der Waals surface area contributed by atoms with Crippen LogP contribution < -0.4 is 10.4 Å². The van der Waals surface area contributed by atoms with Crippen LogP contribution in [0.25, 0.3) is 94.1 Å². The molecule has 1 aliphatic rings. The molecule has 0 fully saturated rings. The van der Waals surface area contributed by atoms with Gasteiger partial charge < -0.3 is 4.40 Å². The monoisotopic (exact) mass is 740 g/mol. The number of nitrogens with zero attached hydrogens (tertiary/aromatic N) is 2. The molecule has 1 aliphatic carbocycles. The van der Waals surface area contributed by atoms with Crippen LogP contribution in [0.5, 0.6) is 0 Å². The largest absolute Gasteiger partial charge is 0.306 e. The first-order valence-electron chi connectivity index (χ1n) is 19.5. The van der Waals surface area contributed by atoms with Gasteiger partial charge in [-0.25, -0.2) is 4.98 Å². The van der Waals surface area contributed by atoms with Gasteiger partial charge in [0.2, 0.25) is 0 Å². The third kappa shape index (κ3) is 5.46. The predicted octanol–water partition coefficient (Wildman–Crippen LogP) is 13.0. The molecule has 0 atom stereocenters. The fourth-order valence-electron chi connectivity index (χ4n) is 8.85. The zero-order valence-corrected chi connectivity index (χ0v) is 34.4. The minimum absolute atomic E-state index is 0.954. The minimum Gasteiger partial charge on any atom is -0.306 e. The summed E-state index contributed by atoms with van der Waals surface area (Å²) in [6.07, 6.45) is 4.18. The summed E-state index contributed by atoms with van der Waals surface area (Å²) < 4.78 is 2.09. The summed E-state index contributed by atoms with van der Waals surface area (Å²) in [5, 5.41) is 8.19. The number of aromatic nitrogens is 2. The van der Waals surface area contributed by atoms with Gasteiger partial charge in [0, 0.05) is 18.0 Å². The summed E-state index contributed by atoms with van der Waals surface area (Å²) in [7, 11) is -2.94. The highest BCUT2D eigenvalue weighted by Gasteiger charge is 2.31. The van der Waals surface area contributed by atoms with Gasteiger partial charge in [-0.1, -0.05) is 177 Å². The third-order valence-electron chi connectivity index (χ3n) is 11.7. The van der Waals surface area contributed by atoms with Crippen LogP contribution in [0.2, 0.25) is 39.3 Å². The maximum absolute atomic E-state index is 4.95. The Kier molecular flexibility index (Phi) is 7.58. The molecule has 2 nitrogen and oxygen atoms in total. The molecule has 0 spiro atoms. The Morgan fingerprint density at radius 1 is 0.418 bits per heavy atom. The quantitative estimate of drug-likeness (QED) is 0.155. The highest BCUT2D eigenvalue weighted by Crippen LogP contribution is 2.58. The Morgan fingerprint density at radius 2 is 0.945 bits per heavy atom. The number of hydrogen-bond acceptors (Lipinski definition) is 1. The van der Waals surface area contributed by atoms with Crippen molar-refractivity contribution in [1.82, 2.24) is 9.38 Å². The number of hydrogen-bond donors (Lipinski definition) is 0. The highest BCUT2D eigenvalue weighted by atomic mass is 28.3. The van der Waals surface area contributed by atoms with Gasteiger partial charge in [0.05, 0.1) is 21.8 Å². The summed E-state index contributed by atoms with van der Waals surface area (Å²) in [6, 6.07) is 55.0. The molecule has 9 aromatic rings. The minimum atomic E-state index is -1.47. The van der Waals surface area contributed by atoms with Crippen molar-refractivity contribution in [3.63, 3.8) is 0 Å². The number of imidazole rings is 1. The highest BCUT2D eigenvalue weighted by molar-refractivity contribution is 6.89. The van der Waals surface area contributed by atoms with E-state index in [1.165, 1.54) is 87.6 Å². The van der Waals surface area contributed by atoms with Crippen LogP contribution in [-0.2, 0) is 0 Å². The molecular formula is C51H44N2Si2. The number of pyridine rings is 1. The van der Waals surface area contributed by atoms with E-state index >= 15 is 0 Å². The number of fused-ring (bicyclic) bond motifs is 5. The van der Waals surface area contributed by atoms with Crippen LogP contribution in [-0.4, -0.2) is 25.5 Å². The average Bonchev–Trinajstić information content (AvgIpc) is 3.77. The topological polar surface area (TPSA) is 17.3 Å². The van der Waals surface area contributed by atoms with Crippen LogP contribution in [0, 0.1) is 0 Å². The Hall–Kier alpha value is -5.82. The molecule has 55 heavy (non-hydrogen) atoms. The summed E-state index contributed by atoms with van der Waals surface area (Å²) >= 11 is 0. The molecule has 0 radical (unpaired) electrons. The smallest absolute Gasteiger partial charge is 0.137 e. The van der Waals surface area contributed by atoms with E-state index in [4.69, 9.17) is 4.98 Å². The van der Waals surface area contributed by atoms with Gasteiger partial charge >= 0.3 is 0 Å². The Morgan fingerprint density at radius 3 is 1.55 bits per heavy atom. The lowest BCUT2D eigenvalue weighted by molar-refractivity contribution is 1.19. The SMILES string of the molecule is C[Si](C)(C)c1ccc(-c2c3c(c(-c4ccc([Si](C)(C)C)cc4)c4ccccc24)-c2ccc(-c4cccc(-c5cn6ccccc6n5)c4)c4cccc-3c24)cc1. The van der Waals surface area contributed by atoms with Gasteiger partial charge in [-0.3, -0.25) is 0 Å². The van der Waals surface area contributed by atoms with Gasteiger partial charge in [-0.15, -0.1) is 0 Å². The Labute approximate surface area is 325 Å². The predicted molar refractivity (Wildman–Crippen MR) is 242 cm³/mol. The number of benzene rings is 7. The first-order valence-corrected chi connectivity index (χ1v) is 26.5. The van der Waals surface area contributed by atoms with Gasteiger partial charge in [-0.05, 0) is 95.4 Å². The van der Waals surface area contributed by atoms with Crippen molar-refractivity contribution in [2.75, 3.05) is 0 Å². The van der Waals surface area contributed by atoms with Crippen LogP contribution in [0.15, 0.2) is 158 Å². The van der Waals surface area contributed by atoms with Crippen LogP contribution >= 0.6 is 0 Å². The van der Waals surface area contributed by atoms with Gasteiger partial charge in [0.15, 0.2) is 0 Å². The summed E-state index contributed by atoms with van der Waals surface area (Å²) in [4.78, 5) is 4.95. The van der Waals surface area contributed by atoms with Gasteiger partial charge in [0.1, 0.15) is 5.65 Å². The second-order valence-electron chi connectivity index (χ2n) is 17.3. The molecule has 0 N–H and O–H groups in total. The van der Waals surface area contributed by atoms with E-state index in [0.717, 1.165) is 16.9 Å². The summed E-state index contributed by atoms with van der Waals surface area (Å²) in [6.45, 7) is 14.6. The molecule has 2 heterocycles. The van der Waals surface area contributed by atoms with E-state index in [2.05, 4.69) is 190 Å². The molecule has 10 rings (SSSR count). The lowest BCUT2D eigenvalue weighted by Crippen LogP contribution is -2.37. The molecule has 0 bridgehead atoms. The van der Waals surface area contributed by atoms with Crippen LogP contribution in [0.3, 0.4) is 0 Å². The van der Waals surface area contributed by atoms with Crippen molar-refractivity contribution in [1.29, 1.82) is 0 Å². The molecule has 266 valence electrons. The lowest BCUT2D eigenvalue weighted by Gasteiger charge is -2.22. The van der Waals surface area contributed by atoms with Crippen LogP contribution in [0.1, 0.15) is 0 Å². The first-order chi connectivity index (χ1) is 26.5. The molecule has 0 saturated heterocycles. The fraction of sp³-hybridized carbons (Fsp3) is 0.118. The van der Waals surface area contributed by atoms with Crippen molar-refractivity contribution >= 4 is 53.7 Å². The normalized spacial score (nSPS) is 12.5. The Bertz CT molecular complexity index is 2830. The summed E-state index contributed by atoms with van der Waals surface area (Å²) in [5.41, 5.74) is 16.0. The molecule has 0 unspecified atom stereocenters. The van der Waals surface area contributed by atoms with Crippen molar-refractivity contribution < 1.29 is 0 Å². The van der Waals surface area contributed by atoms with Gasteiger partial charge in [-0.2, -0.15) is 0 Å². The summed E-state index contributed by atoms with van der Waals surface area (Å²) in [5.74, 6) is 0. The zero-order valence-electron chi connectivity index (χ0n) is 32.4. The maximum atomic E-state index is 4.95. The van der Waals surface area contributed by atoms with Crippen molar-refractivity contribution in [3.05, 3.63) is 158 Å². The standard InChI is InChI=1S/C51H44N2Si2/c1-54(2,3)37-24-20-33(21-25-37)47-41-15-7-8-16-42(41)48(34-22-26-38(27-23-34)55(4,5)6)51-44-29-28-39(40-17-12-18-43(49(40)44)50(47)51)35-13-11-14-36(31-35)45-32-53-30-10-9-19-46(53)52-45/h7-32H,1-6H3. The molecule has 4 heteroatoms. The fourth-order valence-corrected chi connectivity index (χ4v) is 11.2. The Balaban J connectivity index is 1.24. The van der Waals surface area contributed by atoms with Crippen molar-refractivity contribution in [2.45, 2.75) is 39.3 Å². The molecule has 0 saturated carbocycles. The molecule has 7 aromatic carbocycles. The first kappa shape index (κ1) is 33.7. The van der Waals surface area contributed by atoms with E-state index in [9.17, 15) is 0 Å². The molecule has 0 amide bonds. The van der Waals surface area contributed by atoms with Crippen molar-refractivity contribution in [3.8, 4) is 66.9 Å². The molecule has 2 aromatic heterocycles. The second-order valence-corrected chi connectivity index (χ2v) is 27.4. The van der Waals surface area contributed by atoms with Crippen LogP contribution in [0.4, 0.5) is 0 Å². The molecule has 0 aliphatic heterocycles.